The van der Waals surface area contributed by atoms with E-state index in [1.165, 1.54) is 12.8 Å². The lowest BCUT2D eigenvalue weighted by atomic mass is 10.2. The molecule has 0 saturated carbocycles. The molecular formula is C11H23N3. The van der Waals surface area contributed by atoms with Gasteiger partial charge in [-0.1, -0.05) is 13.8 Å². The molecule has 0 aliphatic rings. The van der Waals surface area contributed by atoms with Gasteiger partial charge in [0.2, 0.25) is 0 Å². The van der Waals surface area contributed by atoms with Gasteiger partial charge < -0.3 is 10.2 Å². The molecule has 1 N–H and O–H groups in total. The summed E-state index contributed by atoms with van der Waals surface area (Å²) in [6.07, 6.45) is 3.31. The second-order valence-corrected chi connectivity index (χ2v) is 3.60. The first-order chi connectivity index (χ1) is 6.78. The summed E-state index contributed by atoms with van der Waals surface area (Å²) in [5, 5.41) is 11.8. The molecule has 0 saturated heterocycles. The Hall–Kier alpha value is -0.590. The second kappa shape index (κ2) is 8.98. The van der Waals surface area contributed by atoms with E-state index < -0.39 is 0 Å². The molecule has 0 aromatic carbocycles. The van der Waals surface area contributed by atoms with Crippen molar-refractivity contribution in [1.29, 1.82) is 5.26 Å². The van der Waals surface area contributed by atoms with Crippen LogP contribution in [0.25, 0.3) is 0 Å². The van der Waals surface area contributed by atoms with Crippen LogP contribution in [-0.4, -0.2) is 37.6 Å². The lowest BCUT2D eigenvalue weighted by Crippen LogP contribution is -2.32. The van der Waals surface area contributed by atoms with E-state index in [0.717, 1.165) is 26.1 Å². The monoisotopic (exact) mass is 197 g/mol. The zero-order valence-corrected chi connectivity index (χ0v) is 9.71. The van der Waals surface area contributed by atoms with Crippen LogP contribution in [0.2, 0.25) is 0 Å². The third kappa shape index (κ3) is 5.95. The van der Waals surface area contributed by atoms with E-state index in [2.05, 4.69) is 30.1 Å². The number of rotatable bonds is 8. The zero-order chi connectivity index (χ0) is 10.8. The number of hydrogen-bond donors (Lipinski definition) is 1. The molecular weight excluding hydrogens is 174 g/mol. The number of nitrogens with zero attached hydrogens (tertiary/aromatic N) is 2. The highest BCUT2D eigenvalue weighted by molar-refractivity contribution is 4.88. The highest BCUT2D eigenvalue weighted by Gasteiger charge is 2.07. The first-order valence-corrected chi connectivity index (χ1v) is 5.57. The Labute approximate surface area is 88.1 Å². The highest BCUT2D eigenvalue weighted by Crippen LogP contribution is 1.98. The summed E-state index contributed by atoms with van der Waals surface area (Å²) in [5.74, 6) is 0. The molecule has 0 aromatic rings. The molecule has 3 nitrogen and oxygen atoms in total. The van der Waals surface area contributed by atoms with E-state index in [1.54, 1.807) is 0 Å². The normalized spacial score (nSPS) is 12.8. The lowest BCUT2D eigenvalue weighted by molar-refractivity contribution is 0.265. The van der Waals surface area contributed by atoms with E-state index in [9.17, 15) is 0 Å². The van der Waals surface area contributed by atoms with Crippen LogP contribution in [0.5, 0.6) is 0 Å². The van der Waals surface area contributed by atoms with Crippen molar-refractivity contribution in [3.63, 3.8) is 0 Å². The quantitative estimate of drug-likeness (QED) is 0.642. The lowest BCUT2D eigenvalue weighted by Gasteiger charge is -2.21. The minimum absolute atomic E-state index is 0.00575. The van der Waals surface area contributed by atoms with Crippen LogP contribution in [0.3, 0.4) is 0 Å². The average Bonchev–Trinajstić information content (AvgIpc) is 2.20. The van der Waals surface area contributed by atoms with Crippen LogP contribution in [0, 0.1) is 11.3 Å². The van der Waals surface area contributed by atoms with Gasteiger partial charge in [-0.15, -0.1) is 0 Å². The van der Waals surface area contributed by atoms with Gasteiger partial charge in [0.15, 0.2) is 0 Å². The summed E-state index contributed by atoms with van der Waals surface area (Å²) < 4.78 is 0. The maximum Gasteiger partial charge on any atom is 0.0962 e. The van der Waals surface area contributed by atoms with Crippen molar-refractivity contribution < 1.29 is 0 Å². The van der Waals surface area contributed by atoms with Crippen molar-refractivity contribution in [2.75, 3.05) is 26.7 Å². The van der Waals surface area contributed by atoms with Gasteiger partial charge in [0.05, 0.1) is 12.1 Å². The van der Waals surface area contributed by atoms with Gasteiger partial charge in [-0.05, 0) is 39.4 Å². The van der Waals surface area contributed by atoms with Crippen LogP contribution >= 0.6 is 0 Å². The molecule has 0 bridgehead atoms. The molecule has 0 radical (unpaired) electrons. The van der Waals surface area contributed by atoms with Crippen molar-refractivity contribution >= 4 is 0 Å². The van der Waals surface area contributed by atoms with Crippen LogP contribution < -0.4 is 5.32 Å². The third-order valence-electron chi connectivity index (χ3n) is 2.32. The van der Waals surface area contributed by atoms with Gasteiger partial charge in [0.1, 0.15) is 0 Å². The van der Waals surface area contributed by atoms with Gasteiger partial charge in [-0.3, -0.25) is 0 Å². The van der Waals surface area contributed by atoms with Gasteiger partial charge in [-0.2, -0.15) is 5.26 Å². The largest absolute Gasteiger partial charge is 0.305 e. The van der Waals surface area contributed by atoms with Gasteiger partial charge >= 0.3 is 0 Å². The number of hydrogen-bond acceptors (Lipinski definition) is 3. The van der Waals surface area contributed by atoms with Gasteiger partial charge in [-0.25, -0.2) is 0 Å². The summed E-state index contributed by atoms with van der Waals surface area (Å²) >= 11 is 0. The molecule has 0 spiro atoms. The third-order valence-corrected chi connectivity index (χ3v) is 2.32. The Balaban J connectivity index is 3.74. The van der Waals surface area contributed by atoms with E-state index in [4.69, 9.17) is 5.26 Å². The molecule has 82 valence electrons. The molecule has 0 aromatic heterocycles. The fraction of sp³-hybridized carbons (Fsp3) is 0.909. The first-order valence-electron chi connectivity index (χ1n) is 5.57. The first kappa shape index (κ1) is 13.4. The van der Waals surface area contributed by atoms with Crippen molar-refractivity contribution in [3.05, 3.63) is 0 Å². The second-order valence-electron chi connectivity index (χ2n) is 3.60. The zero-order valence-electron chi connectivity index (χ0n) is 9.71. The standard InChI is InChI=1S/C11H23N3/c1-4-7-14(8-5-2)9-6-11(10-12)13-3/h11,13H,4-9H2,1-3H3. The molecule has 1 atom stereocenters. The minimum atomic E-state index is 0.00575. The SMILES string of the molecule is CCCN(CCC)CCC(C#N)NC. The van der Waals surface area contributed by atoms with Crippen molar-refractivity contribution in [3.8, 4) is 6.07 Å². The fourth-order valence-electron chi connectivity index (χ4n) is 1.55. The molecule has 3 heteroatoms. The van der Waals surface area contributed by atoms with Gasteiger partial charge in [0.25, 0.3) is 0 Å². The van der Waals surface area contributed by atoms with Crippen LogP contribution in [0.1, 0.15) is 33.1 Å². The molecule has 0 amide bonds. The Morgan fingerprint density at radius 1 is 1.21 bits per heavy atom. The predicted octanol–water partition coefficient (Wildman–Crippen LogP) is 1.61. The Morgan fingerprint density at radius 2 is 1.79 bits per heavy atom. The smallest absolute Gasteiger partial charge is 0.0962 e. The predicted molar refractivity (Wildman–Crippen MR) is 60.1 cm³/mol. The minimum Gasteiger partial charge on any atom is -0.305 e. The molecule has 0 fully saturated rings. The molecule has 0 heterocycles. The summed E-state index contributed by atoms with van der Waals surface area (Å²) in [4.78, 5) is 2.43. The highest BCUT2D eigenvalue weighted by atomic mass is 15.1. The summed E-state index contributed by atoms with van der Waals surface area (Å²) in [6, 6.07) is 2.26. The fourth-order valence-corrected chi connectivity index (χ4v) is 1.55. The molecule has 0 aliphatic carbocycles. The van der Waals surface area contributed by atoms with Crippen LogP contribution in [0.15, 0.2) is 0 Å². The maximum atomic E-state index is 8.77. The van der Waals surface area contributed by atoms with E-state index in [-0.39, 0.29) is 6.04 Å². The topological polar surface area (TPSA) is 39.1 Å². The molecule has 14 heavy (non-hydrogen) atoms. The number of nitrogens with one attached hydrogen (secondary N) is 1. The average molecular weight is 197 g/mol. The Bertz CT molecular complexity index is 156. The Kier molecular flexibility index (Phi) is 8.61. The molecule has 1 unspecified atom stereocenters. The van der Waals surface area contributed by atoms with E-state index in [1.807, 2.05) is 7.05 Å². The van der Waals surface area contributed by atoms with Crippen molar-refractivity contribution in [1.82, 2.24) is 10.2 Å². The molecule has 0 aliphatic heterocycles. The van der Waals surface area contributed by atoms with Gasteiger partial charge in [0, 0.05) is 6.54 Å². The van der Waals surface area contributed by atoms with Crippen LogP contribution in [0.4, 0.5) is 0 Å². The van der Waals surface area contributed by atoms with Crippen molar-refractivity contribution in [2.45, 2.75) is 39.2 Å². The summed E-state index contributed by atoms with van der Waals surface area (Å²) in [7, 11) is 1.85. The van der Waals surface area contributed by atoms with Crippen molar-refractivity contribution in [2.24, 2.45) is 0 Å². The maximum absolute atomic E-state index is 8.77. The number of nitriles is 1. The molecule has 0 rings (SSSR count). The summed E-state index contributed by atoms with van der Waals surface area (Å²) in [6.45, 7) is 7.72. The summed E-state index contributed by atoms with van der Waals surface area (Å²) in [5.41, 5.74) is 0. The van der Waals surface area contributed by atoms with E-state index in [0.29, 0.717) is 0 Å². The van der Waals surface area contributed by atoms with Crippen LogP contribution in [-0.2, 0) is 0 Å². The Morgan fingerprint density at radius 3 is 2.14 bits per heavy atom. The van der Waals surface area contributed by atoms with E-state index >= 15 is 0 Å².